The second-order valence-corrected chi connectivity index (χ2v) is 4.69. The van der Waals surface area contributed by atoms with E-state index >= 15 is 0 Å². The van der Waals surface area contributed by atoms with Gasteiger partial charge in [-0.25, -0.2) is 10.2 Å². The van der Waals surface area contributed by atoms with E-state index in [-0.39, 0.29) is 11.3 Å². The number of anilines is 1. The van der Waals surface area contributed by atoms with Gasteiger partial charge in [-0.2, -0.15) is 0 Å². The van der Waals surface area contributed by atoms with Crippen molar-refractivity contribution in [2.75, 3.05) is 5.43 Å². The summed E-state index contributed by atoms with van der Waals surface area (Å²) >= 11 is 0. The van der Waals surface area contributed by atoms with Gasteiger partial charge in [-0.15, -0.1) is 4.91 Å². The molecule has 0 aliphatic heterocycles. The molecule has 0 amide bonds. The summed E-state index contributed by atoms with van der Waals surface area (Å²) in [5.74, 6) is -0.706. The summed E-state index contributed by atoms with van der Waals surface area (Å²) in [6, 6.07) is 15.3. The highest BCUT2D eigenvalue weighted by molar-refractivity contribution is 5.91. The Labute approximate surface area is 130 Å². The SMILES string of the molecule is O=NNc1c(-c2cccc(C(=O)O)c2)noc1-c1ccccc1. The van der Waals surface area contributed by atoms with E-state index in [1.54, 1.807) is 24.3 Å². The molecule has 3 aromatic rings. The zero-order chi connectivity index (χ0) is 16.2. The Morgan fingerprint density at radius 2 is 1.83 bits per heavy atom. The van der Waals surface area contributed by atoms with Crippen molar-refractivity contribution in [1.82, 2.24) is 5.16 Å². The van der Waals surface area contributed by atoms with Gasteiger partial charge in [0.05, 0.1) is 10.8 Å². The van der Waals surface area contributed by atoms with E-state index in [9.17, 15) is 9.70 Å². The van der Waals surface area contributed by atoms with Crippen molar-refractivity contribution in [2.24, 2.45) is 5.29 Å². The molecule has 23 heavy (non-hydrogen) atoms. The van der Waals surface area contributed by atoms with E-state index in [4.69, 9.17) is 9.63 Å². The Hall–Kier alpha value is -3.48. The summed E-state index contributed by atoms with van der Waals surface area (Å²) in [6.45, 7) is 0. The number of aromatic carboxylic acids is 1. The summed E-state index contributed by atoms with van der Waals surface area (Å²) in [6.07, 6.45) is 0. The van der Waals surface area contributed by atoms with Gasteiger partial charge in [0.2, 0.25) is 0 Å². The quantitative estimate of drug-likeness (QED) is 0.548. The fraction of sp³-hybridized carbons (Fsp3) is 0. The smallest absolute Gasteiger partial charge is 0.335 e. The molecule has 0 saturated heterocycles. The lowest BCUT2D eigenvalue weighted by molar-refractivity contribution is 0.0697. The number of carboxylic acids is 1. The molecule has 0 atom stereocenters. The van der Waals surface area contributed by atoms with Crippen molar-refractivity contribution in [1.29, 1.82) is 0 Å². The Balaban J connectivity index is 2.13. The van der Waals surface area contributed by atoms with Crippen molar-refractivity contribution in [2.45, 2.75) is 0 Å². The molecule has 2 aromatic carbocycles. The zero-order valence-electron chi connectivity index (χ0n) is 11.8. The molecular formula is C16H11N3O4. The van der Waals surface area contributed by atoms with E-state index in [1.165, 1.54) is 12.1 Å². The predicted molar refractivity (Wildman–Crippen MR) is 83.8 cm³/mol. The van der Waals surface area contributed by atoms with Crippen molar-refractivity contribution >= 4 is 11.7 Å². The van der Waals surface area contributed by atoms with Gasteiger partial charge in [0, 0.05) is 11.1 Å². The van der Waals surface area contributed by atoms with Crippen molar-refractivity contribution in [3.8, 4) is 22.6 Å². The highest BCUT2D eigenvalue weighted by Crippen LogP contribution is 2.37. The van der Waals surface area contributed by atoms with Gasteiger partial charge in [-0.05, 0) is 12.1 Å². The summed E-state index contributed by atoms with van der Waals surface area (Å²) in [5, 5.41) is 15.7. The van der Waals surface area contributed by atoms with Crippen molar-refractivity contribution in [3.63, 3.8) is 0 Å². The van der Waals surface area contributed by atoms with Gasteiger partial charge in [0.25, 0.3) is 0 Å². The maximum absolute atomic E-state index is 11.1. The average Bonchev–Trinajstić information content (AvgIpc) is 3.00. The number of hydrogen-bond acceptors (Lipinski definition) is 5. The van der Waals surface area contributed by atoms with Crippen LogP contribution in [0, 0.1) is 4.91 Å². The molecule has 1 aromatic heterocycles. The third-order valence-electron chi connectivity index (χ3n) is 3.27. The summed E-state index contributed by atoms with van der Waals surface area (Å²) in [5.41, 5.74) is 4.26. The first kappa shape index (κ1) is 14.5. The van der Waals surface area contributed by atoms with Crippen LogP contribution in [0.5, 0.6) is 0 Å². The van der Waals surface area contributed by atoms with Gasteiger partial charge in [0.15, 0.2) is 5.76 Å². The van der Waals surface area contributed by atoms with Gasteiger partial charge in [0.1, 0.15) is 11.4 Å². The molecule has 0 unspecified atom stereocenters. The van der Waals surface area contributed by atoms with Gasteiger partial charge in [-0.1, -0.05) is 47.6 Å². The molecule has 0 radical (unpaired) electrons. The van der Waals surface area contributed by atoms with E-state index in [0.717, 1.165) is 0 Å². The summed E-state index contributed by atoms with van der Waals surface area (Å²) in [4.78, 5) is 21.8. The Morgan fingerprint density at radius 1 is 1.09 bits per heavy atom. The van der Waals surface area contributed by atoms with Crippen LogP contribution in [0.15, 0.2) is 64.4 Å². The van der Waals surface area contributed by atoms with E-state index in [2.05, 4.69) is 15.9 Å². The first-order valence-corrected chi connectivity index (χ1v) is 6.68. The molecule has 114 valence electrons. The number of benzene rings is 2. The van der Waals surface area contributed by atoms with Crippen LogP contribution in [0.2, 0.25) is 0 Å². The van der Waals surface area contributed by atoms with Crippen LogP contribution in [0.25, 0.3) is 22.6 Å². The summed E-state index contributed by atoms with van der Waals surface area (Å²) in [7, 11) is 0. The lowest BCUT2D eigenvalue weighted by Crippen LogP contribution is -1.96. The second-order valence-electron chi connectivity index (χ2n) is 4.69. The highest BCUT2D eigenvalue weighted by atomic mass is 16.5. The molecule has 2 N–H and O–H groups in total. The maximum Gasteiger partial charge on any atom is 0.335 e. The van der Waals surface area contributed by atoms with Gasteiger partial charge < -0.3 is 9.63 Å². The van der Waals surface area contributed by atoms with Crippen LogP contribution in [0.1, 0.15) is 10.4 Å². The molecule has 7 nitrogen and oxygen atoms in total. The van der Waals surface area contributed by atoms with E-state index in [0.29, 0.717) is 22.6 Å². The van der Waals surface area contributed by atoms with Crippen molar-refractivity contribution < 1.29 is 14.4 Å². The number of nitrogens with zero attached hydrogens (tertiary/aromatic N) is 2. The molecule has 1 heterocycles. The second kappa shape index (κ2) is 6.10. The molecule has 0 bridgehead atoms. The number of carboxylic acid groups (broad SMARTS) is 1. The van der Waals surface area contributed by atoms with Crippen LogP contribution in [-0.4, -0.2) is 16.2 Å². The largest absolute Gasteiger partial charge is 0.478 e. The minimum atomic E-state index is -1.05. The van der Waals surface area contributed by atoms with Gasteiger partial charge >= 0.3 is 5.97 Å². The highest BCUT2D eigenvalue weighted by Gasteiger charge is 2.20. The Kier molecular flexibility index (Phi) is 3.84. The number of nitrogens with one attached hydrogen (secondary N) is 1. The Bertz CT molecular complexity index is 859. The third kappa shape index (κ3) is 2.80. The van der Waals surface area contributed by atoms with E-state index < -0.39 is 5.97 Å². The number of hydrogen-bond donors (Lipinski definition) is 2. The van der Waals surface area contributed by atoms with Crippen molar-refractivity contribution in [3.05, 3.63) is 65.1 Å². The molecule has 7 heteroatoms. The van der Waals surface area contributed by atoms with Crippen LogP contribution in [0.4, 0.5) is 5.69 Å². The fourth-order valence-corrected chi connectivity index (χ4v) is 2.22. The van der Waals surface area contributed by atoms with Crippen LogP contribution < -0.4 is 5.43 Å². The monoisotopic (exact) mass is 309 g/mol. The fourth-order valence-electron chi connectivity index (χ4n) is 2.22. The van der Waals surface area contributed by atoms with Crippen LogP contribution in [0.3, 0.4) is 0 Å². The third-order valence-corrected chi connectivity index (χ3v) is 3.27. The normalized spacial score (nSPS) is 10.3. The molecule has 0 saturated carbocycles. The number of rotatable bonds is 5. The van der Waals surface area contributed by atoms with Gasteiger partial charge in [-0.3, -0.25) is 0 Å². The van der Waals surface area contributed by atoms with Crippen LogP contribution in [-0.2, 0) is 0 Å². The number of carbonyl (C=O) groups is 1. The number of nitroso groups, excluding NO2 is 1. The molecule has 0 aliphatic carbocycles. The first-order chi connectivity index (χ1) is 11.2. The molecule has 0 aliphatic rings. The lowest BCUT2D eigenvalue weighted by atomic mass is 10.0. The standard InChI is InChI=1S/C16H11N3O4/c20-16(21)12-8-4-7-11(9-12)13-14(17-19-22)15(23-18-13)10-5-2-1-3-6-10/h1-9H,(H,17,22)(H,20,21). The summed E-state index contributed by atoms with van der Waals surface area (Å²) < 4.78 is 5.33. The minimum absolute atomic E-state index is 0.108. The predicted octanol–water partition coefficient (Wildman–Crippen LogP) is 3.80. The molecular weight excluding hydrogens is 298 g/mol. The Morgan fingerprint density at radius 3 is 2.52 bits per heavy atom. The minimum Gasteiger partial charge on any atom is -0.478 e. The van der Waals surface area contributed by atoms with E-state index in [1.807, 2.05) is 18.2 Å². The van der Waals surface area contributed by atoms with Crippen LogP contribution >= 0.6 is 0 Å². The molecule has 0 fully saturated rings. The maximum atomic E-state index is 11.1. The zero-order valence-corrected chi connectivity index (χ0v) is 11.8. The topological polar surface area (TPSA) is 105 Å². The number of aromatic nitrogens is 1. The lowest BCUT2D eigenvalue weighted by Gasteiger charge is -2.03. The average molecular weight is 309 g/mol. The molecule has 3 rings (SSSR count). The molecule has 0 spiro atoms. The first-order valence-electron chi connectivity index (χ1n) is 6.68.